The Morgan fingerprint density at radius 1 is 1.17 bits per heavy atom. The summed E-state index contributed by atoms with van der Waals surface area (Å²) in [5, 5.41) is 12.8. The van der Waals surface area contributed by atoms with Gasteiger partial charge in [-0.1, -0.05) is 29.8 Å². The molecule has 0 fully saturated rings. The van der Waals surface area contributed by atoms with Gasteiger partial charge in [0.05, 0.1) is 4.88 Å². The van der Waals surface area contributed by atoms with E-state index in [-0.39, 0.29) is 12.3 Å². The zero-order chi connectivity index (χ0) is 16.2. The van der Waals surface area contributed by atoms with E-state index in [0.717, 1.165) is 16.0 Å². The molecule has 2 heterocycles. The molecule has 0 saturated carbocycles. The number of thiophene rings is 1. The zero-order valence-corrected chi connectivity index (χ0v) is 13.8. The Bertz CT molecular complexity index is 805. The van der Waals surface area contributed by atoms with Crippen molar-refractivity contribution in [3.8, 4) is 10.8 Å². The van der Waals surface area contributed by atoms with Gasteiger partial charge in [0, 0.05) is 6.54 Å². The highest BCUT2D eigenvalue weighted by Gasteiger charge is 2.14. The summed E-state index contributed by atoms with van der Waals surface area (Å²) in [4.78, 5) is 12.9. The Balaban J connectivity index is 1.57. The number of carbonyl (C=O) groups excluding carboxylic acids is 1. The van der Waals surface area contributed by atoms with Crippen LogP contribution in [0.15, 0.2) is 40.1 Å². The van der Waals surface area contributed by atoms with Gasteiger partial charge in [-0.25, -0.2) is 0 Å². The molecule has 0 aliphatic rings. The molecule has 0 aliphatic carbocycles. The lowest BCUT2D eigenvalue weighted by atomic mass is 10.1. The van der Waals surface area contributed by atoms with Crippen molar-refractivity contribution in [2.24, 2.45) is 0 Å². The van der Waals surface area contributed by atoms with Crippen LogP contribution in [0.1, 0.15) is 22.6 Å². The Kier molecular flexibility index (Phi) is 4.52. The molecular formula is C17H17N3O2S. The van der Waals surface area contributed by atoms with Crippen LogP contribution in [0.25, 0.3) is 10.8 Å². The van der Waals surface area contributed by atoms with E-state index >= 15 is 0 Å². The summed E-state index contributed by atoms with van der Waals surface area (Å²) >= 11 is 1.55. The molecule has 1 N–H and O–H groups in total. The fourth-order valence-corrected chi connectivity index (χ4v) is 2.96. The number of nitrogens with one attached hydrogen (secondary N) is 1. The summed E-state index contributed by atoms with van der Waals surface area (Å²) < 4.78 is 5.57. The van der Waals surface area contributed by atoms with E-state index < -0.39 is 0 Å². The first-order valence-electron chi connectivity index (χ1n) is 7.31. The molecule has 0 atom stereocenters. The van der Waals surface area contributed by atoms with Crippen LogP contribution in [-0.4, -0.2) is 16.1 Å². The number of aryl methyl sites for hydroxylation is 2. The Labute approximate surface area is 138 Å². The number of hydrogen-bond acceptors (Lipinski definition) is 5. The molecule has 0 radical (unpaired) electrons. The number of nitrogens with zero attached hydrogens (tertiary/aromatic N) is 2. The van der Waals surface area contributed by atoms with Crippen molar-refractivity contribution < 1.29 is 9.21 Å². The van der Waals surface area contributed by atoms with Crippen LogP contribution < -0.4 is 5.32 Å². The summed E-state index contributed by atoms with van der Waals surface area (Å²) in [6.07, 6.45) is 0.0866. The van der Waals surface area contributed by atoms with Crippen LogP contribution in [0.3, 0.4) is 0 Å². The molecule has 6 heteroatoms. The van der Waals surface area contributed by atoms with Gasteiger partial charge in [-0.2, -0.15) is 0 Å². The van der Waals surface area contributed by atoms with E-state index in [9.17, 15) is 4.79 Å². The SMILES string of the molecule is Cc1ccc(CNC(=O)Cc2nnc(-c3sccc3C)o2)cc1. The average Bonchev–Trinajstić information content (AvgIpc) is 3.15. The largest absolute Gasteiger partial charge is 0.419 e. The minimum Gasteiger partial charge on any atom is -0.419 e. The first-order chi connectivity index (χ1) is 11.1. The van der Waals surface area contributed by atoms with Crippen molar-refractivity contribution in [2.45, 2.75) is 26.8 Å². The monoisotopic (exact) mass is 327 g/mol. The number of benzene rings is 1. The van der Waals surface area contributed by atoms with Crippen molar-refractivity contribution in [2.75, 3.05) is 0 Å². The van der Waals surface area contributed by atoms with Gasteiger partial charge in [0.1, 0.15) is 6.42 Å². The van der Waals surface area contributed by atoms with Gasteiger partial charge in [0.2, 0.25) is 11.8 Å². The highest BCUT2D eigenvalue weighted by Crippen LogP contribution is 2.27. The van der Waals surface area contributed by atoms with E-state index in [1.807, 2.05) is 49.6 Å². The summed E-state index contributed by atoms with van der Waals surface area (Å²) in [5.74, 6) is 0.664. The van der Waals surface area contributed by atoms with Crippen molar-refractivity contribution in [1.29, 1.82) is 0 Å². The molecule has 0 unspecified atom stereocenters. The predicted octanol–water partition coefficient (Wildman–Crippen LogP) is 3.27. The second kappa shape index (κ2) is 6.75. The van der Waals surface area contributed by atoms with Gasteiger partial charge >= 0.3 is 0 Å². The molecule has 0 aliphatic heterocycles. The maximum Gasteiger partial charge on any atom is 0.258 e. The van der Waals surface area contributed by atoms with Crippen LogP contribution in [0.2, 0.25) is 0 Å². The summed E-state index contributed by atoms with van der Waals surface area (Å²) in [6, 6.07) is 10.0. The van der Waals surface area contributed by atoms with Crippen molar-refractivity contribution in [1.82, 2.24) is 15.5 Å². The van der Waals surface area contributed by atoms with Crippen LogP contribution in [0.5, 0.6) is 0 Å². The standard InChI is InChI=1S/C17H17N3O2S/c1-11-3-5-13(6-4-11)10-18-14(21)9-15-19-20-17(22-15)16-12(2)7-8-23-16/h3-8H,9-10H2,1-2H3,(H,18,21). The Morgan fingerprint density at radius 2 is 1.96 bits per heavy atom. The van der Waals surface area contributed by atoms with Crippen molar-refractivity contribution in [3.05, 3.63) is 58.3 Å². The molecule has 2 aromatic heterocycles. The van der Waals surface area contributed by atoms with Crippen LogP contribution in [0.4, 0.5) is 0 Å². The molecule has 5 nitrogen and oxygen atoms in total. The maximum atomic E-state index is 12.0. The zero-order valence-electron chi connectivity index (χ0n) is 13.0. The lowest BCUT2D eigenvalue weighted by Crippen LogP contribution is -2.24. The molecule has 118 valence electrons. The molecule has 0 saturated heterocycles. The third-order valence-electron chi connectivity index (χ3n) is 3.45. The Hall–Kier alpha value is -2.47. The molecule has 1 amide bonds. The highest BCUT2D eigenvalue weighted by molar-refractivity contribution is 7.13. The number of amides is 1. The second-order valence-corrected chi connectivity index (χ2v) is 6.29. The molecule has 0 bridgehead atoms. The minimum atomic E-state index is -0.135. The lowest BCUT2D eigenvalue weighted by Gasteiger charge is -2.04. The van der Waals surface area contributed by atoms with Crippen LogP contribution >= 0.6 is 11.3 Å². The fraction of sp³-hybridized carbons (Fsp3) is 0.235. The van der Waals surface area contributed by atoms with Gasteiger partial charge in [-0.05, 0) is 36.4 Å². The Morgan fingerprint density at radius 3 is 2.65 bits per heavy atom. The minimum absolute atomic E-state index is 0.0866. The number of hydrogen-bond donors (Lipinski definition) is 1. The van der Waals surface area contributed by atoms with Gasteiger partial charge in [0.25, 0.3) is 5.89 Å². The smallest absolute Gasteiger partial charge is 0.258 e. The van der Waals surface area contributed by atoms with Crippen molar-refractivity contribution in [3.63, 3.8) is 0 Å². The number of carbonyl (C=O) groups is 1. The number of rotatable bonds is 5. The first-order valence-corrected chi connectivity index (χ1v) is 8.19. The number of aromatic nitrogens is 2. The average molecular weight is 327 g/mol. The topological polar surface area (TPSA) is 68.0 Å². The van der Waals surface area contributed by atoms with E-state index in [4.69, 9.17) is 4.42 Å². The van der Waals surface area contributed by atoms with E-state index in [2.05, 4.69) is 15.5 Å². The van der Waals surface area contributed by atoms with E-state index in [1.165, 1.54) is 5.56 Å². The fourth-order valence-electron chi connectivity index (χ4n) is 2.12. The predicted molar refractivity (Wildman–Crippen MR) is 89.1 cm³/mol. The third-order valence-corrected chi connectivity index (χ3v) is 4.45. The van der Waals surface area contributed by atoms with E-state index in [1.54, 1.807) is 11.3 Å². The molecule has 3 aromatic rings. The summed E-state index contributed by atoms with van der Waals surface area (Å²) in [7, 11) is 0. The van der Waals surface area contributed by atoms with Gasteiger partial charge in [0.15, 0.2) is 0 Å². The van der Waals surface area contributed by atoms with E-state index in [0.29, 0.717) is 18.3 Å². The summed E-state index contributed by atoms with van der Waals surface area (Å²) in [6.45, 7) is 4.51. The van der Waals surface area contributed by atoms with Crippen molar-refractivity contribution >= 4 is 17.2 Å². The molecular weight excluding hydrogens is 310 g/mol. The second-order valence-electron chi connectivity index (χ2n) is 5.37. The maximum absolute atomic E-state index is 12.0. The van der Waals surface area contributed by atoms with Gasteiger partial charge in [-0.15, -0.1) is 21.5 Å². The third kappa shape index (κ3) is 3.84. The van der Waals surface area contributed by atoms with Gasteiger partial charge in [-0.3, -0.25) is 4.79 Å². The van der Waals surface area contributed by atoms with Crippen LogP contribution in [-0.2, 0) is 17.8 Å². The highest BCUT2D eigenvalue weighted by atomic mass is 32.1. The normalized spacial score (nSPS) is 10.7. The molecule has 3 rings (SSSR count). The molecule has 1 aromatic carbocycles. The first kappa shape index (κ1) is 15.4. The van der Waals surface area contributed by atoms with Gasteiger partial charge < -0.3 is 9.73 Å². The quantitative estimate of drug-likeness (QED) is 0.781. The molecule has 23 heavy (non-hydrogen) atoms. The van der Waals surface area contributed by atoms with Crippen LogP contribution in [0, 0.1) is 13.8 Å². The molecule has 0 spiro atoms. The summed E-state index contributed by atoms with van der Waals surface area (Å²) in [5.41, 5.74) is 3.35. The lowest BCUT2D eigenvalue weighted by molar-refractivity contribution is -0.120.